The van der Waals surface area contributed by atoms with Gasteiger partial charge in [-0.05, 0) is 51.7 Å². The van der Waals surface area contributed by atoms with Crippen LogP contribution in [0.15, 0.2) is 12.1 Å². The van der Waals surface area contributed by atoms with Gasteiger partial charge >= 0.3 is 0 Å². The number of aryl methyl sites for hydroxylation is 1. The van der Waals surface area contributed by atoms with E-state index in [4.69, 9.17) is 0 Å². The molecule has 114 valence electrons. The molecule has 2 heterocycles. The lowest BCUT2D eigenvalue weighted by Gasteiger charge is -2.42. The van der Waals surface area contributed by atoms with Gasteiger partial charge in [-0.15, -0.1) is 11.3 Å². The average Bonchev–Trinajstić information content (AvgIpc) is 2.76. The normalized spacial score (nSPS) is 26.1. The van der Waals surface area contributed by atoms with Crippen molar-refractivity contribution in [2.75, 3.05) is 13.1 Å². The fraction of sp³-hybridized carbons (Fsp3) is 0.765. The zero-order valence-electron chi connectivity index (χ0n) is 13.6. The summed E-state index contributed by atoms with van der Waals surface area (Å²) in [5.74, 6) is 0.776. The lowest BCUT2D eigenvalue weighted by Crippen LogP contribution is -2.58. The number of rotatable bonds is 5. The zero-order valence-corrected chi connectivity index (χ0v) is 14.5. The lowest BCUT2D eigenvalue weighted by molar-refractivity contribution is 0.0926. The molecule has 0 aliphatic carbocycles. The van der Waals surface area contributed by atoms with Gasteiger partial charge in [0, 0.05) is 41.0 Å². The van der Waals surface area contributed by atoms with E-state index in [9.17, 15) is 0 Å². The van der Waals surface area contributed by atoms with Crippen LogP contribution in [0.2, 0.25) is 0 Å². The molecule has 2 rings (SSSR count). The first kappa shape index (κ1) is 16.0. The number of hydrogen-bond acceptors (Lipinski definition) is 3. The number of thiophene rings is 1. The molecular weight excluding hydrogens is 264 g/mol. The third-order valence-electron chi connectivity index (χ3n) is 4.31. The molecule has 0 amide bonds. The number of hydrogen-bond donors (Lipinski definition) is 1. The van der Waals surface area contributed by atoms with E-state index in [1.165, 1.54) is 29.1 Å². The van der Waals surface area contributed by atoms with E-state index in [2.05, 4.69) is 57.0 Å². The number of nitrogens with zero attached hydrogens (tertiary/aromatic N) is 1. The maximum absolute atomic E-state index is 3.71. The Balaban J connectivity index is 1.94. The first-order valence-corrected chi connectivity index (χ1v) is 8.81. The van der Waals surface area contributed by atoms with Gasteiger partial charge in [-0.25, -0.2) is 0 Å². The Bertz CT molecular complexity index is 413. The Morgan fingerprint density at radius 2 is 2.10 bits per heavy atom. The van der Waals surface area contributed by atoms with Crippen LogP contribution in [0.25, 0.3) is 0 Å². The fourth-order valence-corrected chi connectivity index (χ4v) is 4.31. The van der Waals surface area contributed by atoms with Crippen molar-refractivity contribution in [3.05, 3.63) is 21.9 Å². The molecule has 0 saturated carbocycles. The summed E-state index contributed by atoms with van der Waals surface area (Å²) >= 11 is 1.95. The predicted molar refractivity (Wildman–Crippen MR) is 89.6 cm³/mol. The molecule has 1 aliphatic heterocycles. The van der Waals surface area contributed by atoms with Gasteiger partial charge in [0.1, 0.15) is 0 Å². The molecule has 3 atom stereocenters. The van der Waals surface area contributed by atoms with Crippen LogP contribution >= 0.6 is 11.3 Å². The topological polar surface area (TPSA) is 15.3 Å². The predicted octanol–water partition coefficient (Wildman–Crippen LogP) is 3.70. The summed E-state index contributed by atoms with van der Waals surface area (Å²) in [4.78, 5) is 5.66. The van der Waals surface area contributed by atoms with Crippen molar-refractivity contribution < 1.29 is 0 Å². The summed E-state index contributed by atoms with van der Waals surface area (Å²) in [5, 5.41) is 3.71. The Kier molecular flexibility index (Phi) is 5.65. The molecule has 1 saturated heterocycles. The molecule has 3 unspecified atom stereocenters. The molecule has 3 heteroatoms. The second-order valence-corrected chi connectivity index (χ2v) is 8.22. The van der Waals surface area contributed by atoms with Crippen LogP contribution in [0.5, 0.6) is 0 Å². The highest BCUT2D eigenvalue weighted by Crippen LogP contribution is 2.22. The van der Waals surface area contributed by atoms with Crippen LogP contribution in [0.4, 0.5) is 0 Å². The third-order valence-corrected chi connectivity index (χ3v) is 5.34. The van der Waals surface area contributed by atoms with Crippen LogP contribution in [-0.2, 0) is 6.42 Å². The Morgan fingerprint density at radius 1 is 1.35 bits per heavy atom. The molecule has 1 aromatic heterocycles. The second kappa shape index (κ2) is 7.06. The molecule has 1 N–H and O–H groups in total. The Morgan fingerprint density at radius 3 is 2.70 bits per heavy atom. The molecule has 0 radical (unpaired) electrons. The largest absolute Gasteiger partial charge is 0.311 e. The van der Waals surface area contributed by atoms with Crippen molar-refractivity contribution in [1.82, 2.24) is 10.2 Å². The summed E-state index contributed by atoms with van der Waals surface area (Å²) < 4.78 is 0. The van der Waals surface area contributed by atoms with Gasteiger partial charge in [-0.2, -0.15) is 0 Å². The minimum atomic E-state index is 0.639. The highest BCUT2D eigenvalue weighted by Gasteiger charge is 2.28. The van der Waals surface area contributed by atoms with Gasteiger partial charge in [0.25, 0.3) is 0 Å². The quantitative estimate of drug-likeness (QED) is 0.891. The summed E-state index contributed by atoms with van der Waals surface area (Å²) in [6, 6.07) is 6.50. The average molecular weight is 295 g/mol. The van der Waals surface area contributed by atoms with Crippen molar-refractivity contribution in [2.24, 2.45) is 5.92 Å². The molecule has 20 heavy (non-hydrogen) atoms. The fourth-order valence-electron chi connectivity index (χ4n) is 3.30. The van der Waals surface area contributed by atoms with Crippen molar-refractivity contribution in [3.63, 3.8) is 0 Å². The zero-order chi connectivity index (χ0) is 14.7. The standard InChI is InChI=1S/C17H30N2S/c1-12(2)8-16-11-19(14(4)10-18-16)13(3)9-17-7-6-15(5)20-17/h6-7,12-14,16,18H,8-11H2,1-5H3. The molecule has 1 aromatic rings. The van der Waals surface area contributed by atoms with Crippen molar-refractivity contribution in [1.29, 1.82) is 0 Å². The highest BCUT2D eigenvalue weighted by atomic mass is 32.1. The minimum absolute atomic E-state index is 0.639. The van der Waals surface area contributed by atoms with E-state index in [0.29, 0.717) is 18.1 Å². The van der Waals surface area contributed by atoms with E-state index >= 15 is 0 Å². The first-order valence-electron chi connectivity index (χ1n) is 8.00. The van der Waals surface area contributed by atoms with E-state index in [0.717, 1.165) is 12.5 Å². The van der Waals surface area contributed by atoms with Crippen LogP contribution in [0.1, 0.15) is 43.9 Å². The minimum Gasteiger partial charge on any atom is -0.311 e. The van der Waals surface area contributed by atoms with E-state index in [1.54, 1.807) is 0 Å². The van der Waals surface area contributed by atoms with Crippen molar-refractivity contribution >= 4 is 11.3 Å². The van der Waals surface area contributed by atoms with Gasteiger partial charge in [-0.1, -0.05) is 13.8 Å². The maximum atomic E-state index is 3.71. The summed E-state index contributed by atoms with van der Waals surface area (Å²) in [6.07, 6.45) is 2.48. The maximum Gasteiger partial charge on any atom is 0.0198 e. The first-order chi connectivity index (χ1) is 9.45. The van der Waals surface area contributed by atoms with E-state index in [1.807, 2.05) is 11.3 Å². The van der Waals surface area contributed by atoms with Crippen LogP contribution in [0, 0.1) is 12.8 Å². The summed E-state index contributed by atoms with van der Waals surface area (Å²) in [5.41, 5.74) is 0. The number of piperazine rings is 1. The Hall–Kier alpha value is -0.380. The summed E-state index contributed by atoms with van der Waals surface area (Å²) in [7, 11) is 0. The molecular formula is C17H30N2S. The van der Waals surface area contributed by atoms with Crippen molar-refractivity contribution in [2.45, 2.75) is 65.6 Å². The molecule has 1 fully saturated rings. The van der Waals surface area contributed by atoms with E-state index < -0.39 is 0 Å². The SMILES string of the molecule is Cc1ccc(CC(C)N2CC(CC(C)C)NCC2C)s1. The monoisotopic (exact) mass is 294 g/mol. The molecule has 0 bridgehead atoms. The molecule has 1 aliphatic rings. The van der Waals surface area contributed by atoms with Gasteiger partial charge in [0.2, 0.25) is 0 Å². The molecule has 0 spiro atoms. The third kappa shape index (κ3) is 4.31. The van der Waals surface area contributed by atoms with Crippen LogP contribution in [0.3, 0.4) is 0 Å². The summed E-state index contributed by atoms with van der Waals surface area (Å²) in [6.45, 7) is 13.9. The molecule has 0 aromatic carbocycles. The van der Waals surface area contributed by atoms with Crippen molar-refractivity contribution in [3.8, 4) is 0 Å². The highest BCUT2D eigenvalue weighted by molar-refractivity contribution is 7.11. The van der Waals surface area contributed by atoms with Crippen LogP contribution in [-0.4, -0.2) is 36.1 Å². The second-order valence-electron chi connectivity index (χ2n) is 6.85. The van der Waals surface area contributed by atoms with Gasteiger partial charge in [-0.3, -0.25) is 4.90 Å². The van der Waals surface area contributed by atoms with E-state index in [-0.39, 0.29) is 0 Å². The lowest BCUT2D eigenvalue weighted by atomic mass is 9.98. The van der Waals surface area contributed by atoms with Gasteiger partial charge < -0.3 is 5.32 Å². The molecule has 2 nitrogen and oxygen atoms in total. The van der Waals surface area contributed by atoms with Gasteiger partial charge in [0.15, 0.2) is 0 Å². The smallest absolute Gasteiger partial charge is 0.0198 e. The van der Waals surface area contributed by atoms with Crippen LogP contribution < -0.4 is 5.32 Å². The van der Waals surface area contributed by atoms with Gasteiger partial charge in [0.05, 0.1) is 0 Å². The Labute approximate surface area is 128 Å². The number of nitrogens with one attached hydrogen (secondary N) is 1.